The molecule has 1 aromatic heterocycles. The smallest absolute Gasteiger partial charge is 0.254 e. The summed E-state index contributed by atoms with van der Waals surface area (Å²) in [5.74, 6) is -0.0265. The van der Waals surface area contributed by atoms with Gasteiger partial charge in [-0.2, -0.15) is 0 Å². The first-order valence-corrected chi connectivity index (χ1v) is 11.5. The number of benzene rings is 1. The average molecular weight is 426 g/mol. The van der Waals surface area contributed by atoms with E-state index < -0.39 is 0 Å². The molecule has 1 fully saturated rings. The molecule has 1 aromatic carbocycles. The van der Waals surface area contributed by atoms with Gasteiger partial charge in [0.2, 0.25) is 5.91 Å². The molecule has 0 aliphatic carbocycles. The molecule has 160 valence electrons. The zero-order chi connectivity index (χ0) is 21.7. The van der Waals surface area contributed by atoms with E-state index in [9.17, 15) is 9.59 Å². The van der Waals surface area contributed by atoms with Crippen molar-refractivity contribution in [2.45, 2.75) is 63.3 Å². The molecular weight excluding hydrogens is 394 g/mol. The lowest BCUT2D eigenvalue weighted by Crippen LogP contribution is -2.35. The van der Waals surface area contributed by atoms with E-state index in [1.54, 1.807) is 18.3 Å². The highest BCUT2D eigenvalue weighted by molar-refractivity contribution is 8.00. The summed E-state index contributed by atoms with van der Waals surface area (Å²) in [5.41, 5.74) is 4.24. The molecule has 2 heterocycles. The van der Waals surface area contributed by atoms with Crippen LogP contribution in [0.15, 0.2) is 41.6 Å². The number of thioether (sulfide) groups is 1. The van der Waals surface area contributed by atoms with Crippen molar-refractivity contribution in [2.75, 3.05) is 13.1 Å². The minimum absolute atomic E-state index is 0.0133. The van der Waals surface area contributed by atoms with E-state index in [1.807, 2.05) is 18.7 Å². The molecule has 2 aromatic rings. The van der Waals surface area contributed by atoms with Gasteiger partial charge in [-0.3, -0.25) is 9.59 Å². The fraction of sp³-hybridized carbons (Fsp3) is 0.458. The summed E-state index contributed by atoms with van der Waals surface area (Å²) < 4.78 is 0. The van der Waals surface area contributed by atoms with Gasteiger partial charge in [0.05, 0.1) is 10.8 Å². The summed E-state index contributed by atoms with van der Waals surface area (Å²) in [4.78, 5) is 31.9. The van der Waals surface area contributed by atoms with Crippen molar-refractivity contribution in [3.8, 4) is 0 Å². The number of pyridine rings is 1. The van der Waals surface area contributed by atoms with Gasteiger partial charge in [0.15, 0.2) is 0 Å². The molecule has 6 heteroatoms. The Hall–Kier alpha value is -2.34. The Morgan fingerprint density at radius 2 is 1.90 bits per heavy atom. The highest BCUT2D eigenvalue weighted by Crippen LogP contribution is 2.27. The number of carbonyl (C=O) groups excluding carboxylic acids is 2. The van der Waals surface area contributed by atoms with E-state index in [2.05, 4.69) is 42.3 Å². The average Bonchev–Trinajstić information content (AvgIpc) is 3.24. The van der Waals surface area contributed by atoms with Crippen LogP contribution in [0.2, 0.25) is 0 Å². The van der Waals surface area contributed by atoms with E-state index in [0.717, 1.165) is 32.4 Å². The van der Waals surface area contributed by atoms with Crippen LogP contribution in [0.1, 0.15) is 53.7 Å². The Balaban J connectivity index is 1.65. The Morgan fingerprint density at radius 3 is 2.60 bits per heavy atom. The molecule has 5 nitrogen and oxygen atoms in total. The van der Waals surface area contributed by atoms with Crippen molar-refractivity contribution in [2.24, 2.45) is 0 Å². The highest BCUT2D eigenvalue weighted by Gasteiger charge is 2.26. The third-order valence-electron chi connectivity index (χ3n) is 5.47. The van der Waals surface area contributed by atoms with Crippen LogP contribution in [0.3, 0.4) is 0 Å². The van der Waals surface area contributed by atoms with Crippen molar-refractivity contribution >= 4 is 23.6 Å². The molecule has 0 radical (unpaired) electrons. The van der Waals surface area contributed by atoms with Gasteiger partial charge in [-0.05, 0) is 70.2 Å². The lowest BCUT2D eigenvalue weighted by Gasteiger charge is -2.21. The Morgan fingerprint density at radius 1 is 1.17 bits per heavy atom. The molecule has 1 aliphatic heterocycles. The quantitative estimate of drug-likeness (QED) is 0.677. The van der Waals surface area contributed by atoms with Crippen LogP contribution in [-0.4, -0.2) is 46.1 Å². The summed E-state index contributed by atoms with van der Waals surface area (Å²) in [6.45, 7) is 9.75. The van der Waals surface area contributed by atoms with Crippen molar-refractivity contribution < 1.29 is 9.59 Å². The van der Waals surface area contributed by atoms with Crippen LogP contribution in [0, 0.1) is 13.8 Å². The molecule has 2 amide bonds. The van der Waals surface area contributed by atoms with Gasteiger partial charge >= 0.3 is 0 Å². The van der Waals surface area contributed by atoms with E-state index in [1.165, 1.54) is 28.5 Å². The fourth-order valence-corrected chi connectivity index (χ4v) is 4.82. The lowest BCUT2D eigenvalue weighted by atomic mass is 10.00. The van der Waals surface area contributed by atoms with Gasteiger partial charge in [-0.25, -0.2) is 4.98 Å². The Labute approximate surface area is 183 Å². The zero-order valence-electron chi connectivity index (χ0n) is 18.3. The molecule has 2 unspecified atom stereocenters. The molecule has 0 spiro atoms. The lowest BCUT2D eigenvalue weighted by molar-refractivity contribution is -0.129. The maximum Gasteiger partial charge on any atom is 0.254 e. The first-order chi connectivity index (χ1) is 14.3. The number of nitrogens with zero attached hydrogens (tertiary/aromatic N) is 2. The number of hydrogen-bond acceptors (Lipinski definition) is 4. The van der Waals surface area contributed by atoms with Crippen molar-refractivity contribution in [1.29, 1.82) is 0 Å². The number of rotatable bonds is 7. The van der Waals surface area contributed by atoms with Crippen molar-refractivity contribution in [3.63, 3.8) is 0 Å². The van der Waals surface area contributed by atoms with E-state index >= 15 is 0 Å². The van der Waals surface area contributed by atoms with E-state index in [0.29, 0.717) is 10.6 Å². The standard InChI is InChI=1S/C24H31N3O2S/c1-16-9-10-20(17(2)14-16)15-18(3)26-22(28)21-8-7-11-25-23(21)30-19(4)24(29)27-12-5-6-13-27/h7-11,14,18-19H,5-6,12-13,15H2,1-4H3,(H,26,28). The molecule has 2 atom stereocenters. The van der Waals surface area contributed by atoms with Gasteiger partial charge in [-0.1, -0.05) is 35.5 Å². The fourth-order valence-electron chi connectivity index (χ4n) is 3.83. The second-order valence-corrected chi connectivity index (χ2v) is 9.49. The van der Waals surface area contributed by atoms with Crippen LogP contribution in [0.5, 0.6) is 0 Å². The molecule has 1 aliphatic rings. The highest BCUT2D eigenvalue weighted by atomic mass is 32.2. The zero-order valence-corrected chi connectivity index (χ0v) is 19.1. The number of amides is 2. The predicted molar refractivity (Wildman–Crippen MR) is 122 cm³/mol. The third kappa shape index (κ3) is 5.63. The molecule has 3 rings (SSSR count). The topological polar surface area (TPSA) is 62.3 Å². The summed E-state index contributed by atoms with van der Waals surface area (Å²) in [6, 6.07) is 9.93. The van der Waals surface area contributed by atoms with Crippen LogP contribution in [0.4, 0.5) is 0 Å². The minimum atomic E-state index is -0.266. The molecule has 0 saturated carbocycles. The normalized spacial score (nSPS) is 15.7. The number of nitrogens with one attached hydrogen (secondary N) is 1. The largest absolute Gasteiger partial charge is 0.349 e. The number of likely N-dealkylation sites (tertiary alicyclic amines) is 1. The van der Waals surface area contributed by atoms with Gasteiger partial charge in [0.25, 0.3) is 5.91 Å². The van der Waals surface area contributed by atoms with E-state index in [4.69, 9.17) is 0 Å². The van der Waals surface area contributed by atoms with E-state index in [-0.39, 0.29) is 23.1 Å². The Kier molecular flexibility index (Phi) is 7.53. The summed E-state index contributed by atoms with van der Waals surface area (Å²) in [7, 11) is 0. The Bertz CT molecular complexity index is 909. The van der Waals surface area contributed by atoms with Gasteiger partial charge < -0.3 is 10.2 Å². The van der Waals surface area contributed by atoms with Gasteiger partial charge in [0.1, 0.15) is 5.03 Å². The maximum atomic E-state index is 13.0. The summed E-state index contributed by atoms with van der Waals surface area (Å²) in [6.07, 6.45) is 4.58. The van der Waals surface area contributed by atoms with Crippen molar-refractivity contribution in [1.82, 2.24) is 15.2 Å². The molecule has 0 bridgehead atoms. The summed E-state index contributed by atoms with van der Waals surface area (Å²) >= 11 is 1.37. The number of hydrogen-bond donors (Lipinski definition) is 1. The first-order valence-electron chi connectivity index (χ1n) is 10.6. The molecule has 1 N–H and O–H groups in total. The molecular formula is C24H31N3O2S. The van der Waals surface area contributed by atoms with Crippen LogP contribution >= 0.6 is 11.8 Å². The minimum Gasteiger partial charge on any atom is -0.349 e. The first kappa shape index (κ1) is 22.3. The third-order valence-corrected chi connectivity index (χ3v) is 6.58. The second kappa shape index (κ2) is 10.1. The number of aromatic nitrogens is 1. The molecule has 1 saturated heterocycles. The maximum absolute atomic E-state index is 13.0. The SMILES string of the molecule is Cc1ccc(CC(C)NC(=O)c2cccnc2SC(C)C(=O)N2CCCC2)c(C)c1. The number of carbonyl (C=O) groups is 2. The predicted octanol–water partition coefficient (Wildman–Crippen LogP) is 4.16. The number of aryl methyl sites for hydroxylation is 2. The van der Waals surface area contributed by atoms with Crippen LogP contribution in [0.25, 0.3) is 0 Å². The van der Waals surface area contributed by atoms with Gasteiger partial charge in [0, 0.05) is 25.3 Å². The van der Waals surface area contributed by atoms with Crippen molar-refractivity contribution in [3.05, 3.63) is 58.8 Å². The van der Waals surface area contributed by atoms with Gasteiger partial charge in [-0.15, -0.1) is 0 Å². The van der Waals surface area contributed by atoms with Crippen LogP contribution < -0.4 is 5.32 Å². The second-order valence-electron chi connectivity index (χ2n) is 8.16. The molecule has 30 heavy (non-hydrogen) atoms. The monoisotopic (exact) mass is 425 g/mol. The van der Waals surface area contributed by atoms with Crippen LogP contribution in [-0.2, 0) is 11.2 Å². The summed E-state index contributed by atoms with van der Waals surface area (Å²) in [5, 5.41) is 3.44.